The molecule has 27 heavy (non-hydrogen) atoms. The SMILES string of the molecule is CC(C)Oc1cncc(N(CCCCCCC(=O)NO)c2ccccn2)c1. The zero-order valence-electron chi connectivity index (χ0n) is 16.0. The minimum atomic E-state index is -0.335. The second-order valence-electron chi connectivity index (χ2n) is 6.58. The highest BCUT2D eigenvalue weighted by molar-refractivity contribution is 5.74. The van der Waals surface area contributed by atoms with E-state index in [0.717, 1.165) is 49.5 Å². The van der Waals surface area contributed by atoms with Gasteiger partial charge in [-0.1, -0.05) is 18.9 Å². The Morgan fingerprint density at radius 3 is 2.74 bits per heavy atom. The lowest BCUT2D eigenvalue weighted by molar-refractivity contribution is -0.129. The summed E-state index contributed by atoms with van der Waals surface area (Å²) in [5.41, 5.74) is 2.60. The van der Waals surface area contributed by atoms with Gasteiger partial charge in [-0.15, -0.1) is 0 Å². The van der Waals surface area contributed by atoms with Crippen LogP contribution < -0.4 is 15.1 Å². The molecule has 0 unspecified atom stereocenters. The van der Waals surface area contributed by atoms with E-state index in [1.807, 2.05) is 44.3 Å². The number of anilines is 2. The van der Waals surface area contributed by atoms with Gasteiger partial charge >= 0.3 is 0 Å². The monoisotopic (exact) mass is 372 g/mol. The largest absolute Gasteiger partial charge is 0.489 e. The normalized spacial score (nSPS) is 10.7. The molecule has 0 atom stereocenters. The molecule has 2 N–H and O–H groups in total. The van der Waals surface area contributed by atoms with Gasteiger partial charge in [0.15, 0.2) is 0 Å². The number of amides is 1. The van der Waals surface area contributed by atoms with Crippen molar-refractivity contribution in [3.63, 3.8) is 0 Å². The van der Waals surface area contributed by atoms with Gasteiger partial charge in [-0.3, -0.25) is 15.0 Å². The summed E-state index contributed by atoms with van der Waals surface area (Å²) in [5.74, 6) is 1.26. The van der Waals surface area contributed by atoms with Crippen LogP contribution in [0.3, 0.4) is 0 Å². The van der Waals surface area contributed by atoms with Crippen LogP contribution in [0.5, 0.6) is 5.75 Å². The molecule has 7 heteroatoms. The first kappa shape index (κ1) is 20.6. The van der Waals surface area contributed by atoms with Crippen LogP contribution in [-0.4, -0.2) is 33.7 Å². The van der Waals surface area contributed by atoms with E-state index < -0.39 is 0 Å². The third-order valence-electron chi connectivity index (χ3n) is 3.97. The second-order valence-corrected chi connectivity index (χ2v) is 6.58. The van der Waals surface area contributed by atoms with Crippen LogP contribution >= 0.6 is 0 Å². The molecule has 0 saturated heterocycles. The molecule has 2 rings (SSSR count). The molecule has 0 saturated carbocycles. The summed E-state index contributed by atoms with van der Waals surface area (Å²) < 4.78 is 5.76. The van der Waals surface area contributed by atoms with Crippen molar-refractivity contribution in [1.82, 2.24) is 15.4 Å². The Hall–Kier alpha value is -2.67. The van der Waals surface area contributed by atoms with Gasteiger partial charge in [0.2, 0.25) is 5.91 Å². The van der Waals surface area contributed by atoms with Gasteiger partial charge in [0.1, 0.15) is 11.6 Å². The molecule has 0 fully saturated rings. The van der Waals surface area contributed by atoms with Gasteiger partial charge in [-0.2, -0.15) is 0 Å². The molecule has 2 aromatic heterocycles. The molecule has 0 aliphatic heterocycles. The summed E-state index contributed by atoms with van der Waals surface area (Å²) in [4.78, 5) is 21.9. The summed E-state index contributed by atoms with van der Waals surface area (Å²) in [6, 6.07) is 7.81. The van der Waals surface area contributed by atoms with Crippen molar-refractivity contribution in [1.29, 1.82) is 0 Å². The Balaban J connectivity index is 1.99. The van der Waals surface area contributed by atoms with Gasteiger partial charge in [0.25, 0.3) is 0 Å². The van der Waals surface area contributed by atoms with Crippen molar-refractivity contribution in [2.75, 3.05) is 11.4 Å². The molecule has 146 valence electrons. The maximum absolute atomic E-state index is 11.0. The Kier molecular flexibility index (Phi) is 8.51. The van der Waals surface area contributed by atoms with E-state index in [4.69, 9.17) is 9.94 Å². The summed E-state index contributed by atoms with van der Waals surface area (Å²) in [6.07, 6.45) is 9.36. The Morgan fingerprint density at radius 2 is 2.04 bits per heavy atom. The topological polar surface area (TPSA) is 87.6 Å². The first-order valence-electron chi connectivity index (χ1n) is 9.33. The lowest BCUT2D eigenvalue weighted by Gasteiger charge is -2.24. The summed E-state index contributed by atoms with van der Waals surface area (Å²) in [5, 5.41) is 8.51. The van der Waals surface area contributed by atoms with Crippen molar-refractivity contribution in [2.45, 2.75) is 52.1 Å². The van der Waals surface area contributed by atoms with E-state index in [2.05, 4.69) is 14.9 Å². The number of carbonyl (C=O) groups is 1. The smallest absolute Gasteiger partial charge is 0.243 e. The number of pyridine rings is 2. The summed E-state index contributed by atoms with van der Waals surface area (Å²) >= 11 is 0. The van der Waals surface area contributed by atoms with Crippen LogP contribution in [0.2, 0.25) is 0 Å². The summed E-state index contributed by atoms with van der Waals surface area (Å²) in [7, 11) is 0. The minimum Gasteiger partial charge on any atom is -0.489 e. The number of aromatic nitrogens is 2. The molecular formula is C20H28N4O3. The number of ether oxygens (including phenoxy) is 1. The van der Waals surface area contributed by atoms with E-state index in [0.29, 0.717) is 6.42 Å². The van der Waals surface area contributed by atoms with E-state index >= 15 is 0 Å². The van der Waals surface area contributed by atoms with Crippen molar-refractivity contribution in [2.24, 2.45) is 0 Å². The van der Waals surface area contributed by atoms with E-state index in [1.54, 1.807) is 17.9 Å². The van der Waals surface area contributed by atoms with Crippen LogP contribution in [0.4, 0.5) is 11.5 Å². The summed E-state index contributed by atoms with van der Waals surface area (Å²) in [6.45, 7) is 4.76. The molecule has 2 heterocycles. The third kappa shape index (κ3) is 7.22. The highest BCUT2D eigenvalue weighted by atomic mass is 16.5. The highest BCUT2D eigenvalue weighted by Gasteiger charge is 2.12. The zero-order chi connectivity index (χ0) is 19.5. The van der Waals surface area contributed by atoms with Crippen LogP contribution in [0.1, 0.15) is 46.0 Å². The van der Waals surface area contributed by atoms with E-state index in [-0.39, 0.29) is 12.0 Å². The quantitative estimate of drug-likeness (QED) is 0.354. The van der Waals surface area contributed by atoms with Crippen LogP contribution in [0.25, 0.3) is 0 Å². The Bertz CT molecular complexity index is 695. The number of hydroxylamine groups is 1. The lowest BCUT2D eigenvalue weighted by atomic mass is 10.1. The molecule has 0 radical (unpaired) electrons. The molecule has 2 aromatic rings. The zero-order valence-corrected chi connectivity index (χ0v) is 16.0. The molecule has 0 spiro atoms. The number of hydrogen-bond donors (Lipinski definition) is 2. The van der Waals surface area contributed by atoms with Crippen LogP contribution in [0.15, 0.2) is 42.9 Å². The average Bonchev–Trinajstić information content (AvgIpc) is 2.67. The molecule has 0 aromatic carbocycles. The molecular weight excluding hydrogens is 344 g/mol. The van der Waals surface area contributed by atoms with E-state index in [1.165, 1.54) is 0 Å². The Labute approximate surface area is 160 Å². The average molecular weight is 372 g/mol. The first-order valence-corrected chi connectivity index (χ1v) is 9.33. The predicted molar refractivity (Wildman–Crippen MR) is 104 cm³/mol. The fourth-order valence-electron chi connectivity index (χ4n) is 2.75. The first-order chi connectivity index (χ1) is 13.1. The van der Waals surface area contributed by atoms with Crippen molar-refractivity contribution in [3.05, 3.63) is 42.9 Å². The fraction of sp³-hybridized carbons (Fsp3) is 0.450. The number of rotatable bonds is 11. The van der Waals surface area contributed by atoms with Crippen LogP contribution in [-0.2, 0) is 4.79 Å². The molecule has 1 amide bonds. The number of nitrogens with one attached hydrogen (secondary N) is 1. The van der Waals surface area contributed by atoms with Gasteiger partial charge in [0.05, 0.1) is 24.2 Å². The molecule has 0 bridgehead atoms. The van der Waals surface area contributed by atoms with E-state index in [9.17, 15) is 4.79 Å². The number of unbranched alkanes of at least 4 members (excludes halogenated alkanes) is 3. The maximum Gasteiger partial charge on any atom is 0.243 e. The number of hydrogen-bond acceptors (Lipinski definition) is 6. The molecule has 0 aliphatic carbocycles. The lowest BCUT2D eigenvalue weighted by Crippen LogP contribution is -2.20. The minimum absolute atomic E-state index is 0.0847. The van der Waals surface area contributed by atoms with Crippen molar-refractivity contribution in [3.8, 4) is 5.75 Å². The fourth-order valence-corrected chi connectivity index (χ4v) is 2.75. The van der Waals surface area contributed by atoms with Gasteiger partial charge < -0.3 is 9.64 Å². The van der Waals surface area contributed by atoms with Crippen molar-refractivity contribution < 1.29 is 14.7 Å². The Morgan fingerprint density at radius 1 is 1.22 bits per heavy atom. The van der Waals surface area contributed by atoms with Gasteiger partial charge in [-0.05, 0) is 38.8 Å². The van der Waals surface area contributed by atoms with Gasteiger partial charge in [-0.25, -0.2) is 10.5 Å². The number of carbonyl (C=O) groups excluding carboxylic acids is 1. The number of nitrogens with zero attached hydrogens (tertiary/aromatic N) is 3. The van der Waals surface area contributed by atoms with Crippen LogP contribution in [0, 0.1) is 0 Å². The molecule has 7 nitrogen and oxygen atoms in total. The molecule has 0 aliphatic rings. The third-order valence-corrected chi connectivity index (χ3v) is 3.97. The van der Waals surface area contributed by atoms with Gasteiger partial charge in [0, 0.05) is 25.2 Å². The second kappa shape index (κ2) is 11.1. The standard InChI is InChI=1S/C20H28N4O3/c1-16(2)27-18-13-17(14-21-15-18)24(19-9-6-7-11-22-19)12-8-4-3-5-10-20(25)23-26/h6-7,9,11,13-16,26H,3-5,8,10,12H2,1-2H3,(H,23,25). The van der Waals surface area contributed by atoms with Crippen molar-refractivity contribution >= 4 is 17.4 Å². The highest BCUT2D eigenvalue weighted by Crippen LogP contribution is 2.27. The predicted octanol–water partition coefficient (Wildman–Crippen LogP) is 3.86. The maximum atomic E-state index is 11.0.